The van der Waals surface area contributed by atoms with Crippen molar-refractivity contribution in [3.8, 4) is 11.8 Å². The molecule has 0 saturated heterocycles. The third kappa shape index (κ3) is 4.42. The third-order valence-corrected chi connectivity index (χ3v) is 5.21. The highest BCUT2D eigenvalue weighted by molar-refractivity contribution is 7.98. The molecule has 2 rings (SSSR count). The summed E-state index contributed by atoms with van der Waals surface area (Å²) >= 11 is 3.61. The van der Waals surface area contributed by atoms with E-state index in [4.69, 9.17) is 5.11 Å². The van der Waals surface area contributed by atoms with Gasteiger partial charge in [0.05, 0.1) is 11.5 Å². The van der Waals surface area contributed by atoms with Crippen LogP contribution >= 0.6 is 23.1 Å². The summed E-state index contributed by atoms with van der Waals surface area (Å²) in [7, 11) is 0. The zero-order chi connectivity index (χ0) is 14.4. The average Bonchev–Trinajstić information content (AvgIpc) is 2.88. The van der Waals surface area contributed by atoms with E-state index in [0.29, 0.717) is 6.42 Å². The first-order valence-electron chi connectivity index (χ1n) is 6.57. The van der Waals surface area contributed by atoms with Crippen molar-refractivity contribution >= 4 is 23.1 Å². The summed E-state index contributed by atoms with van der Waals surface area (Å²) in [5.41, 5.74) is 2.64. The van der Waals surface area contributed by atoms with Crippen LogP contribution in [0.1, 0.15) is 27.3 Å². The lowest BCUT2D eigenvalue weighted by atomic mass is 10.2. The van der Waals surface area contributed by atoms with E-state index in [-0.39, 0.29) is 6.61 Å². The average molecular weight is 302 g/mol. The molecule has 0 amide bonds. The zero-order valence-corrected chi connectivity index (χ0v) is 13.4. The summed E-state index contributed by atoms with van der Waals surface area (Å²) in [6.07, 6.45) is 0.546. The largest absolute Gasteiger partial charge is 0.395 e. The number of hydrogen-bond acceptors (Lipinski definition) is 3. The Bertz CT molecular complexity index is 632. The number of aliphatic hydroxyl groups is 1. The Balaban J connectivity index is 1.98. The maximum atomic E-state index is 8.71. The number of aliphatic hydroxyl groups excluding tert-OH is 1. The van der Waals surface area contributed by atoms with Crippen LogP contribution in [0.2, 0.25) is 0 Å². The molecule has 0 spiro atoms. The molecule has 0 unspecified atom stereocenters. The molecule has 3 heteroatoms. The Morgan fingerprint density at radius 1 is 1.20 bits per heavy atom. The van der Waals surface area contributed by atoms with Gasteiger partial charge in [-0.05, 0) is 37.6 Å². The molecule has 0 radical (unpaired) electrons. The first-order chi connectivity index (χ1) is 9.69. The minimum atomic E-state index is 0.133. The van der Waals surface area contributed by atoms with E-state index in [1.54, 1.807) is 11.3 Å². The predicted octanol–water partition coefficient (Wildman–Crippen LogP) is 4.39. The molecular weight excluding hydrogens is 284 g/mol. The molecule has 0 saturated carbocycles. The first-order valence-corrected chi connectivity index (χ1v) is 8.38. The second-order valence-electron chi connectivity index (χ2n) is 4.60. The van der Waals surface area contributed by atoms with Gasteiger partial charge in [0.2, 0.25) is 0 Å². The van der Waals surface area contributed by atoms with Crippen LogP contribution in [0.3, 0.4) is 0 Å². The van der Waals surface area contributed by atoms with Gasteiger partial charge in [0.25, 0.3) is 0 Å². The summed E-state index contributed by atoms with van der Waals surface area (Å²) in [5, 5.41) is 8.71. The fraction of sp³-hybridized carbons (Fsp3) is 0.294. The van der Waals surface area contributed by atoms with Gasteiger partial charge in [-0.15, -0.1) is 23.1 Å². The number of rotatable bonds is 4. The minimum Gasteiger partial charge on any atom is -0.395 e. The lowest BCUT2D eigenvalue weighted by Gasteiger charge is -2.05. The van der Waals surface area contributed by atoms with E-state index >= 15 is 0 Å². The molecule has 1 heterocycles. The van der Waals surface area contributed by atoms with Gasteiger partial charge in [-0.2, -0.15) is 0 Å². The van der Waals surface area contributed by atoms with Crippen LogP contribution < -0.4 is 0 Å². The zero-order valence-electron chi connectivity index (χ0n) is 11.8. The van der Waals surface area contributed by atoms with Crippen molar-refractivity contribution in [1.29, 1.82) is 0 Å². The summed E-state index contributed by atoms with van der Waals surface area (Å²) in [4.78, 5) is 3.77. The summed E-state index contributed by atoms with van der Waals surface area (Å²) in [5.74, 6) is 7.03. The fourth-order valence-corrected chi connectivity index (χ4v) is 3.79. The molecule has 104 valence electrons. The van der Waals surface area contributed by atoms with Gasteiger partial charge < -0.3 is 5.11 Å². The van der Waals surface area contributed by atoms with E-state index in [0.717, 1.165) is 10.6 Å². The lowest BCUT2D eigenvalue weighted by molar-refractivity contribution is 0.305. The van der Waals surface area contributed by atoms with Gasteiger partial charge in [0.15, 0.2) is 0 Å². The smallest absolute Gasteiger partial charge is 0.0771 e. The van der Waals surface area contributed by atoms with E-state index in [1.165, 1.54) is 20.9 Å². The van der Waals surface area contributed by atoms with E-state index < -0.39 is 0 Å². The predicted molar refractivity (Wildman–Crippen MR) is 88.4 cm³/mol. The summed E-state index contributed by atoms with van der Waals surface area (Å²) < 4.78 is 0. The number of benzene rings is 1. The van der Waals surface area contributed by atoms with Crippen molar-refractivity contribution in [2.75, 3.05) is 6.61 Å². The van der Waals surface area contributed by atoms with Crippen molar-refractivity contribution in [3.63, 3.8) is 0 Å². The standard InChI is InChI=1S/C17H18OS2/c1-13-6-7-14(2)17(11-13)19-12-16-9-8-15(20-16)5-3-4-10-18/h6-9,11,18H,4,10,12H2,1-2H3. The first kappa shape index (κ1) is 15.2. The summed E-state index contributed by atoms with van der Waals surface area (Å²) in [6, 6.07) is 10.8. The molecule has 0 aliphatic heterocycles. The number of thioether (sulfide) groups is 1. The second-order valence-corrected chi connectivity index (χ2v) is 6.78. The Morgan fingerprint density at radius 3 is 2.85 bits per heavy atom. The molecule has 0 fully saturated rings. The van der Waals surface area contributed by atoms with Crippen molar-refractivity contribution < 1.29 is 5.11 Å². The van der Waals surface area contributed by atoms with Gasteiger partial charge in [0, 0.05) is 21.9 Å². The lowest BCUT2D eigenvalue weighted by Crippen LogP contribution is -1.82. The molecule has 0 atom stereocenters. The molecule has 1 nitrogen and oxygen atoms in total. The van der Waals surface area contributed by atoms with Crippen LogP contribution in [-0.4, -0.2) is 11.7 Å². The number of hydrogen-bond donors (Lipinski definition) is 1. The van der Waals surface area contributed by atoms with Crippen LogP contribution in [0.25, 0.3) is 0 Å². The Labute approximate surface area is 129 Å². The third-order valence-electron chi connectivity index (χ3n) is 2.82. The van der Waals surface area contributed by atoms with Crippen molar-refractivity contribution in [2.45, 2.75) is 30.9 Å². The van der Waals surface area contributed by atoms with E-state index in [2.05, 4.69) is 56.0 Å². The van der Waals surface area contributed by atoms with Gasteiger partial charge in [-0.25, -0.2) is 0 Å². The highest BCUT2D eigenvalue weighted by atomic mass is 32.2. The highest BCUT2D eigenvalue weighted by Gasteiger charge is 2.03. The van der Waals surface area contributed by atoms with Crippen LogP contribution in [0, 0.1) is 25.7 Å². The molecule has 1 aromatic heterocycles. The monoisotopic (exact) mass is 302 g/mol. The molecule has 1 aromatic carbocycles. The van der Waals surface area contributed by atoms with Crippen LogP contribution in [-0.2, 0) is 5.75 Å². The van der Waals surface area contributed by atoms with Gasteiger partial charge in [0.1, 0.15) is 0 Å². The molecule has 0 bridgehead atoms. The topological polar surface area (TPSA) is 20.2 Å². The Hall–Kier alpha value is -1.21. The van der Waals surface area contributed by atoms with Crippen molar-refractivity contribution in [3.05, 3.63) is 51.2 Å². The van der Waals surface area contributed by atoms with Crippen LogP contribution in [0.5, 0.6) is 0 Å². The highest BCUT2D eigenvalue weighted by Crippen LogP contribution is 2.29. The molecule has 0 aliphatic rings. The Morgan fingerprint density at radius 2 is 2.05 bits per heavy atom. The SMILES string of the molecule is Cc1ccc(C)c(SCc2ccc(C#CCCO)s2)c1. The summed E-state index contributed by atoms with van der Waals surface area (Å²) in [6.45, 7) is 4.42. The van der Waals surface area contributed by atoms with Crippen LogP contribution in [0.15, 0.2) is 35.2 Å². The maximum absolute atomic E-state index is 8.71. The minimum absolute atomic E-state index is 0.133. The molecule has 20 heavy (non-hydrogen) atoms. The van der Waals surface area contributed by atoms with Gasteiger partial charge in [-0.1, -0.05) is 29.5 Å². The quantitative estimate of drug-likeness (QED) is 0.667. The second kappa shape index (κ2) is 7.54. The van der Waals surface area contributed by atoms with E-state index in [1.807, 2.05) is 11.8 Å². The molecule has 1 N–H and O–H groups in total. The molecular formula is C17H18OS2. The fourth-order valence-electron chi connectivity index (χ4n) is 1.74. The number of aryl methyl sites for hydroxylation is 2. The van der Waals surface area contributed by atoms with Crippen LogP contribution in [0.4, 0.5) is 0 Å². The molecule has 0 aliphatic carbocycles. The number of thiophene rings is 1. The van der Waals surface area contributed by atoms with Crippen molar-refractivity contribution in [1.82, 2.24) is 0 Å². The van der Waals surface area contributed by atoms with E-state index in [9.17, 15) is 0 Å². The molecule has 2 aromatic rings. The maximum Gasteiger partial charge on any atom is 0.0771 e. The Kier molecular flexibility index (Phi) is 5.72. The van der Waals surface area contributed by atoms with Gasteiger partial charge in [-0.3, -0.25) is 0 Å². The van der Waals surface area contributed by atoms with Crippen molar-refractivity contribution in [2.24, 2.45) is 0 Å². The normalized spacial score (nSPS) is 10.2. The van der Waals surface area contributed by atoms with Gasteiger partial charge >= 0.3 is 0 Å².